The van der Waals surface area contributed by atoms with Crippen LogP contribution in [0.4, 0.5) is 0 Å². The molecule has 1 aromatic carbocycles. The normalized spacial score (nSPS) is 4.54. The van der Waals surface area contributed by atoms with Gasteiger partial charge in [-0.3, -0.25) is 0 Å². The maximum Gasteiger partial charge on any atom is 0 e. The zero-order valence-corrected chi connectivity index (χ0v) is 8.95. The van der Waals surface area contributed by atoms with Crippen molar-refractivity contribution in [1.82, 2.24) is 0 Å². The van der Waals surface area contributed by atoms with Crippen LogP contribution in [0, 0.1) is 26.9 Å². The van der Waals surface area contributed by atoms with Crippen molar-refractivity contribution in [3.63, 3.8) is 0 Å². The molecular formula is C9H7MoO3-. The van der Waals surface area contributed by atoms with Gasteiger partial charge in [0.2, 0.25) is 0 Å². The summed E-state index contributed by atoms with van der Waals surface area (Å²) in [6, 6.07) is 8.24. The third kappa shape index (κ3) is 24.6. The van der Waals surface area contributed by atoms with E-state index in [1.54, 1.807) is 0 Å². The van der Waals surface area contributed by atoms with E-state index < -0.39 is 0 Å². The molecule has 0 aromatic heterocycles. The third-order valence-corrected chi connectivity index (χ3v) is 0.829. The van der Waals surface area contributed by atoms with E-state index in [1.165, 1.54) is 5.56 Å². The average Bonchev–Trinajstić information content (AvgIpc) is 2.66. The van der Waals surface area contributed by atoms with Gasteiger partial charge in [-0.05, 0) is 0 Å². The molecule has 0 bridgehead atoms. The first kappa shape index (κ1) is 22.8. The summed E-state index contributed by atoms with van der Waals surface area (Å²) in [5.41, 5.74) is 1.34. The molecule has 0 aliphatic carbocycles. The fraction of sp³-hybridized carbons (Fsp3) is 0.111. The van der Waals surface area contributed by atoms with Gasteiger partial charge in [0.1, 0.15) is 0 Å². The zero-order chi connectivity index (χ0) is 10.4. The molecule has 0 saturated carbocycles. The van der Waals surface area contributed by atoms with Gasteiger partial charge in [0.05, 0.1) is 0 Å². The summed E-state index contributed by atoms with van der Waals surface area (Å²) >= 11 is 0. The molecule has 1 rings (SSSR count). The predicted molar refractivity (Wildman–Crippen MR) is 38.6 cm³/mol. The summed E-state index contributed by atoms with van der Waals surface area (Å²) < 4.78 is 22.5. The van der Waals surface area contributed by atoms with Crippen molar-refractivity contribution in [3.05, 3.63) is 49.8 Å². The van der Waals surface area contributed by atoms with Gasteiger partial charge in [-0.2, -0.15) is 17.7 Å². The Kier molecular flexibility index (Phi) is 53.0. The van der Waals surface area contributed by atoms with Crippen molar-refractivity contribution in [2.75, 3.05) is 0 Å². The fourth-order valence-corrected chi connectivity index (χ4v) is 0.470. The smallest absolute Gasteiger partial charge is 0 e. The predicted octanol–water partition coefficient (Wildman–Crippen LogP) is 1.60. The van der Waals surface area contributed by atoms with Crippen LogP contribution in [0.1, 0.15) is 5.56 Å². The minimum absolute atomic E-state index is 0. The molecule has 0 spiro atoms. The van der Waals surface area contributed by atoms with Gasteiger partial charge in [-0.15, -0.1) is 0 Å². The van der Waals surface area contributed by atoms with E-state index in [2.05, 4.69) is 39.0 Å². The van der Waals surface area contributed by atoms with Gasteiger partial charge in [0.15, 0.2) is 0 Å². The summed E-state index contributed by atoms with van der Waals surface area (Å²) in [4.78, 5) is 0. The third-order valence-electron chi connectivity index (χ3n) is 0.829. The van der Waals surface area contributed by atoms with Crippen LogP contribution in [0.2, 0.25) is 0 Å². The summed E-state index contributed by atoms with van der Waals surface area (Å²) in [7, 11) is 0. The Morgan fingerprint density at radius 3 is 1.15 bits per heavy atom. The van der Waals surface area contributed by atoms with Gasteiger partial charge in [-0.25, -0.2) is 12.1 Å². The minimum atomic E-state index is 0. The first-order chi connectivity index (χ1) is 5.89. The van der Waals surface area contributed by atoms with Gasteiger partial charge >= 0.3 is 33.9 Å². The van der Waals surface area contributed by atoms with Crippen molar-refractivity contribution in [2.24, 2.45) is 0 Å². The average molecular weight is 259 g/mol. The van der Waals surface area contributed by atoms with Crippen LogP contribution in [0.25, 0.3) is 0 Å². The van der Waals surface area contributed by atoms with Crippen LogP contribution in [0.3, 0.4) is 0 Å². The number of hydrogen-bond donors (Lipinski definition) is 0. The Labute approximate surface area is 91.9 Å². The number of hydrogen-bond acceptors (Lipinski definition) is 0. The molecular weight excluding hydrogens is 252 g/mol. The first-order valence-corrected chi connectivity index (χ1v) is 2.69. The Hall–Kier alpha value is -0.742. The van der Waals surface area contributed by atoms with Crippen LogP contribution in [0.5, 0.6) is 0 Å². The topological polar surface area (TPSA) is 59.7 Å². The Balaban J connectivity index is -0.0000000508. The molecule has 0 atom stereocenters. The molecule has 0 unspecified atom stereocenters. The van der Waals surface area contributed by atoms with Crippen molar-refractivity contribution in [2.45, 2.75) is 6.92 Å². The van der Waals surface area contributed by atoms with Crippen molar-refractivity contribution in [3.8, 4) is 0 Å². The van der Waals surface area contributed by atoms with E-state index in [9.17, 15) is 0 Å². The molecule has 0 radical (unpaired) electrons. The maximum atomic E-state index is 7.50. The summed E-state index contributed by atoms with van der Waals surface area (Å²) in [5, 5.41) is 0. The molecule has 0 fully saturated rings. The number of aryl methyl sites for hydroxylation is 1. The quantitative estimate of drug-likeness (QED) is 0.386. The van der Waals surface area contributed by atoms with E-state index in [0.29, 0.717) is 0 Å². The van der Waals surface area contributed by atoms with E-state index in [-0.39, 0.29) is 21.1 Å². The number of rotatable bonds is 0. The SMILES string of the molecule is C[c-]1cccc1.[C-]#[O+].[C-]#[O+].[C-]#[O+].[Mo]. The zero-order valence-electron chi connectivity index (χ0n) is 6.94. The molecule has 0 saturated heterocycles. The first-order valence-electron chi connectivity index (χ1n) is 2.69. The van der Waals surface area contributed by atoms with E-state index in [0.717, 1.165) is 0 Å². The second kappa shape index (κ2) is 30.2. The second-order valence-electron chi connectivity index (χ2n) is 1.46. The molecule has 0 heterocycles. The van der Waals surface area contributed by atoms with Crippen LogP contribution < -0.4 is 0 Å². The van der Waals surface area contributed by atoms with Gasteiger partial charge in [-0.1, -0.05) is 6.92 Å². The molecule has 68 valence electrons. The summed E-state index contributed by atoms with van der Waals surface area (Å²) in [5.74, 6) is 0. The van der Waals surface area contributed by atoms with Crippen LogP contribution in [-0.4, -0.2) is 0 Å². The van der Waals surface area contributed by atoms with Gasteiger partial charge in [0.25, 0.3) is 0 Å². The van der Waals surface area contributed by atoms with Crippen LogP contribution in [-0.2, 0) is 35.0 Å². The van der Waals surface area contributed by atoms with E-state index in [1.807, 2.05) is 12.1 Å². The molecule has 0 aliphatic heterocycles. The molecule has 0 aliphatic rings. The van der Waals surface area contributed by atoms with E-state index >= 15 is 0 Å². The van der Waals surface area contributed by atoms with Crippen molar-refractivity contribution >= 4 is 0 Å². The second-order valence-corrected chi connectivity index (χ2v) is 1.46. The molecule has 1 aromatic rings. The van der Waals surface area contributed by atoms with Crippen LogP contribution in [0.15, 0.2) is 24.3 Å². The Morgan fingerprint density at radius 1 is 0.846 bits per heavy atom. The molecule has 4 heteroatoms. The standard InChI is InChI=1S/C6H7.3CO.Mo/c1-6-4-2-3-5-6;3*1-2;/h2-5H,1H3;;;;/q-1;;;;. The summed E-state index contributed by atoms with van der Waals surface area (Å²) in [6.45, 7) is 15.6. The minimum Gasteiger partial charge on any atom is 0 e. The van der Waals surface area contributed by atoms with Crippen molar-refractivity contribution < 1.29 is 35.0 Å². The van der Waals surface area contributed by atoms with E-state index in [4.69, 9.17) is 14.0 Å². The van der Waals surface area contributed by atoms with Crippen molar-refractivity contribution in [1.29, 1.82) is 0 Å². The fourth-order valence-electron chi connectivity index (χ4n) is 0.470. The Morgan fingerprint density at radius 2 is 1.08 bits per heavy atom. The largest absolute Gasteiger partial charge is 0 e. The molecule has 3 nitrogen and oxygen atoms in total. The monoisotopic (exact) mass is 261 g/mol. The van der Waals surface area contributed by atoms with Crippen LogP contribution >= 0.6 is 0 Å². The molecule has 0 N–H and O–H groups in total. The maximum absolute atomic E-state index is 7.50. The van der Waals surface area contributed by atoms with Gasteiger partial charge < -0.3 is 0 Å². The van der Waals surface area contributed by atoms with Gasteiger partial charge in [0, 0.05) is 21.1 Å². The summed E-state index contributed by atoms with van der Waals surface area (Å²) in [6.07, 6.45) is 0. The molecule has 13 heavy (non-hydrogen) atoms. The molecule has 0 amide bonds. The Bertz CT molecular complexity index is 194.